The van der Waals surface area contributed by atoms with E-state index in [2.05, 4.69) is 20.9 Å². The molecular formula is C30H28Cl3N5O5. The van der Waals surface area contributed by atoms with Gasteiger partial charge in [-0.1, -0.05) is 46.9 Å². The Hall–Kier alpha value is -3.86. The molecule has 2 atom stereocenters. The number of piperidine rings is 2. The molecule has 1 aliphatic carbocycles. The molecule has 224 valence electrons. The molecule has 43 heavy (non-hydrogen) atoms. The Morgan fingerprint density at radius 2 is 1.44 bits per heavy atom. The Bertz CT molecular complexity index is 1510. The zero-order chi connectivity index (χ0) is 30.7. The van der Waals surface area contributed by atoms with E-state index in [1.54, 1.807) is 53.4 Å². The molecule has 6 rings (SSSR count). The van der Waals surface area contributed by atoms with Crippen LogP contribution in [0.25, 0.3) is 0 Å². The minimum atomic E-state index is -1.23. The van der Waals surface area contributed by atoms with Crippen molar-refractivity contribution >= 4 is 70.0 Å². The predicted octanol–water partition coefficient (Wildman–Crippen LogP) is 5.88. The highest BCUT2D eigenvalue weighted by molar-refractivity contribution is 6.40. The van der Waals surface area contributed by atoms with Crippen LogP contribution in [0.15, 0.2) is 60.9 Å². The number of hydrogen-bond donors (Lipinski definition) is 4. The van der Waals surface area contributed by atoms with E-state index in [-0.39, 0.29) is 34.0 Å². The van der Waals surface area contributed by atoms with Gasteiger partial charge in [-0.15, -0.1) is 0 Å². The molecule has 0 spiro atoms. The monoisotopic (exact) mass is 643 g/mol. The number of amides is 4. The average molecular weight is 645 g/mol. The van der Waals surface area contributed by atoms with Crippen molar-refractivity contribution in [1.29, 1.82) is 0 Å². The first-order valence-corrected chi connectivity index (χ1v) is 14.8. The van der Waals surface area contributed by atoms with E-state index in [9.17, 15) is 24.3 Å². The lowest BCUT2D eigenvalue weighted by Gasteiger charge is -2.50. The number of urea groups is 1. The first-order chi connectivity index (χ1) is 20.6. The number of nitrogens with one attached hydrogen (secondary N) is 3. The molecule has 10 nitrogen and oxygen atoms in total. The standard InChI is InChI=1S/C30H28Cl3N5O5/c31-18-5-9-20(10-6-18)36-30(43)38-21-11-3-17(4-12-21)26(38)28(40)37-24(29(41)42)13-16-1-7-19(8-2-16)35-27(39)25-22(32)14-34-15-23(25)33/h1-2,5-10,14-15,17,21,24,26H,3-4,11-13H2,(H,35,39)(H,36,43)(H,37,40)(H,41,42)/t17?,21?,24-,26?/m0/s1. The summed E-state index contributed by atoms with van der Waals surface area (Å²) in [5.74, 6) is -2.29. The SMILES string of the molecule is O=C(Nc1ccc(C[C@H](NC(=O)C2C3CCC(CC3)N2C(=O)Nc2ccc(Cl)cc2)C(=O)O)cc1)c1c(Cl)cncc1Cl. The number of carboxylic acid groups (broad SMARTS) is 1. The second kappa shape index (κ2) is 13.2. The lowest BCUT2D eigenvalue weighted by atomic mass is 9.74. The number of carbonyl (C=O) groups is 4. The molecule has 1 unspecified atom stereocenters. The lowest BCUT2D eigenvalue weighted by molar-refractivity contribution is -0.144. The van der Waals surface area contributed by atoms with Crippen LogP contribution >= 0.6 is 34.8 Å². The molecule has 3 aliphatic rings. The number of aromatic nitrogens is 1. The fourth-order valence-corrected chi connectivity index (χ4v) is 6.40. The van der Waals surface area contributed by atoms with Crippen LogP contribution in [0.2, 0.25) is 15.1 Å². The molecule has 4 amide bonds. The summed E-state index contributed by atoms with van der Waals surface area (Å²) < 4.78 is 0. The number of anilines is 2. The van der Waals surface area contributed by atoms with Gasteiger partial charge in [0.2, 0.25) is 5.91 Å². The van der Waals surface area contributed by atoms with Crippen LogP contribution in [0.3, 0.4) is 0 Å². The summed E-state index contributed by atoms with van der Waals surface area (Å²) in [6.07, 6.45) is 5.77. The van der Waals surface area contributed by atoms with Gasteiger partial charge in [0.25, 0.3) is 5.91 Å². The van der Waals surface area contributed by atoms with Crippen molar-refractivity contribution in [2.24, 2.45) is 5.92 Å². The zero-order valence-electron chi connectivity index (χ0n) is 22.7. The normalized spacial score (nSPS) is 19.8. The number of rotatable bonds is 8. The third-order valence-electron chi connectivity index (χ3n) is 7.83. The number of aliphatic carboxylic acids is 1. The first-order valence-electron chi connectivity index (χ1n) is 13.7. The number of carbonyl (C=O) groups excluding carboxylic acids is 3. The van der Waals surface area contributed by atoms with E-state index in [0.717, 1.165) is 25.7 Å². The van der Waals surface area contributed by atoms with Gasteiger partial charge in [0, 0.05) is 41.3 Å². The van der Waals surface area contributed by atoms with Crippen LogP contribution in [0, 0.1) is 5.92 Å². The van der Waals surface area contributed by atoms with Gasteiger partial charge in [-0.2, -0.15) is 0 Å². The minimum absolute atomic E-state index is 0.00486. The zero-order valence-corrected chi connectivity index (χ0v) is 25.0. The van der Waals surface area contributed by atoms with Crippen molar-refractivity contribution in [2.45, 2.75) is 50.2 Å². The van der Waals surface area contributed by atoms with Crippen LogP contribution in [-0.2, 0) is 16.0 Å². The second-order valence-electron chi connectivity index (χ2n) is 10.6. The molecule has 2 bridgehead atoms. The molecule has 1 aromatic heterocycles. The van der Waals surface area contributed by atoms with Gasteiger partial charge in [0.05, 0.1) is 15.6 Å². The number of nitrogens with zero attached hydrogens (tertiary/aromatic N) is 2. The van der Waals surface area contributed by atoms with Gasteiger partial charge < -0.3 is 26.0 Å². The summed E-state index contributed by atoms with van der Waals surface area (Å²) in [6, 6.07) is 10.7. The van der Waals surface area contributed by atoms with E-state index in [0.29, 0.717) is 22.0 Å². The van der Waals surface area contributed by atoms with Crippen LogP contribution in [0.1, 0.15) is 41.6 Å². The fourth-order valence-electron chi connectivity index (χ4n) is 5.74. The number of fused-ring (bicyclic) bond motifs is 3. The Morgan fingerprint density at radius 1 is 0.860 bits per heavy atom. The van der Waals surface area contributed by atoms with Crippen LogP contribution in [0.4, 0.5) is 16.2 Å². The van der Waals surface area contributed by atoms with Crippen molar-refractivity contribution < 1.29 is 24.3 Å². The maximum absolute atomic E-state index is 13.6. The van der Waals surface area contributed by atoms with Crippen LogP contribution in [-0.4, -0.2) is 56.9 Å². The molecule has 2 aromatic carbocycles. The lowest BCUT2D eigenvalue weighted by Crippen LogP contribution is -2.64. The highest BCUT2D eigenvalue weighted by Gasteiger charge is 2.48. The largest absolute Gasteiger partial charge is 0.480 e. The van der Waals surface area contributed by atoms with Crippen molar-refractivity contribution in [2.75, 3.05) is 10.6 Å². The maximum atomic E-state index is 13.6. The van der Waals surface area contributed by atoms with Gasteiger partial charge >= 0.3 is 12.0 Å². The molecule has 3 fully saturated rings. The van der Waals surface area contributed by atoms with Gasteiger partial charge in [0.15, 0.2) is 0 Å². The number of halogens is 3. The van der Waals surface area contributed by atoms with Crippen LogP contribution < -0.4 is 16.0 Å². The van der Waals surface area contributed by atoms with Crippen molar-refractivity contribution in [3.63, 3.8) is 0 Å². The van der Waals surface area contributed by atoms with Crippen LogP contribution in [0.5, 0.6) is 0 Å². The smallest absolute Gasteiger partial charge is 0.326 e. The quantitative estimate of drug-likeness (QED) is 0.241. The summed E-state index contributed by atoms with van der Waals surface area (Å²) in [6.45, 7) is 0. The summed E-state index contributed by atoms with van der Waals surface area (Å²) in [5, 5.41) is 18.9. The topological polar surface area (TPSA) is 141 Å². The maximum Gasteiger partial charge on any atom is 0.326 e. The van der Waals surface area contributed by atoms with E-state index < -0.39 is 35.9 Å². The summed E-state index contributed by atoms with van der Waals surface area (Å²) in [4.78, 5) is 57.2. The molecule has 3 heterocycles. The summed E-state index contributed by atoms with van der Waals surface area (Å²) in [7, 11) is 0. The third-order valence-corrected chi connectivity index (χ3v) is 8.65. The molecule has 0 radical (unpaired) electrons. The van der Waals surface area contributed by atoms with Crippen molar-refractivity contribution in [3.8, 4) is 0 Å². The minimum Gasteiger partial charge on any atom is -0.480 e. The van der Waals surface area contributed by atoms with Crippen molar-refractivity contribution in [1.82, 2.24) is 15.2 Å². The molecule has 2 saturated heterocycles. The van der Waals surface area contributed by atoms with E-state index in [1.807, 2.05) is 0 Å². The Kier molecular flexibility index (Phi) is 9.39. The summed E-state index contributed by atoms with van der Waals surface area (Å²) in [5.41, 5.74) is 1.69. The molecule has 13 heteroatoms. The Morgan fingerprint density at radius 3 is 2.05 bits per heavy atom. The second-order valence-corrected chi connectivity index (χ2v) is 11.8. The number of carboxylic acids is 1. The van der Waals surface area contributed by atoms with Gasteiger partial charge in [-0.25, -0.2) is 9.59 Å². The summed E-state index contributed by atoms with van der Waals surface area (Å²) >= 11 is 18.1. The van der Waals surface area contributed by atoms with E-state index in [4.69, 9.17) is 34.8 Å². The van der Waals surface area contributed by atoms with Gasteiger partial charge in [-0.05, 0) is 73.6 Å². The van der Waals surface area contributed by atoms with Crippen molar-refractivity contribution in [3.05, 3.63) is 87.1 Å². The Balaban J connectivity index is 1.25. The highest BCUT2D eigenvalue weighted by Crippen LogP contribution is 2.40. The molecule has 1 saturated carbocycles. The molecule has 3 aromatic rings. The Labute approximate surface area is 262 Å². The van der Waals surface area contributed by atoms with Gasteiger partial charge in [-0.3, -0.25) is 14.6 Å². The fraction of sp³-hybridized carbons (Fsp3) is 0.300. The van der Waals surface area contributed by atoms with E-state index >= 15 is 0 Å². The number of benzene rings is 2. The molecule has 4 N–H and O–H groups in total. The van der Waals surface area contributed by atoms with E-state index in [1.165, 1.54) is 12.4 Å². The predicted molar refractivity (Wildman–Crippen MR) is 164 cm³/mol. The highest BCUT2D eigenvalue weighted by atomic mass is 35.5. The molecule has 2 aliphatic heterocycles. The average Bonchev–Trinajstić information content (AvgIpc) is 2.98. The third kappa shape index (κ3) is 7.04. The first kappa shape index (κ1) is 30.6. The number of hydrogen-bond acceptors (Lipinski definition) is 5. The molecular weight excluding hydrogens is 617 g/mol. The van der Waals surface area contributed by atoms with Gasteiger partial charge in [0.1, 0.15) is 12.1 Å². The number of pyridine rings is 1.